The average molecular weight is 248 g/mol. The number of hydrogen-bond acceptors (Lipinski definition) is 3. The minimum Gasteiger partial charge on any atom is -0.399 e. The van der Waals surface area contributed by atoms with Crippen LogP contribution in [0.3, 0.4) is 0 Å². The van der Waals surface area contributed by atoms with Crippen LogP contribution in [0.5, 0.6) is 0 Å². The lowest BCUT2D eigenvalue weighted by atomic mass is 9.83. The van der Waals surface area contributed by atoms with Crippen molar-refractivity contribution in [1.82, 2.24) is 4.90 Å². The zero-order chi connectivity index (χ0) is 13.3. The van der Waals surface area contributed by atoms with Gasteiger partial charge in [0.1, 0.15) is 0 Å². The third kappa shape index (κ3) is 2.34. The summed E-state index contributed by atoms with van der Waals surface area (Å²) in [6, 6.07) is 7.39. The van der Waals surface area contributed by atoms with Gasteiger partial charge >= 0.3 is 0 Å². The number of likely N-dealkylation sites (tertiary alicyclic amines) is 1. The molecule has 3 N–H and O–H groups in total. The van der Waals surface area contributed by atoms with E-state index in [2.05, 4.69) is 0 Å². The number of hydrogen-bond donors (Lipinski definition) is 2. The third-order valence-electron chi connectivity index (χ3n) is 3.62. The third-order valence-corrected chi connectivity index (χ3v) is 3.62. The number of nitrogens with zero attached hydrogens (tertiary/aromatic N) is 1. The normalized spacial score (nSPS) is 20.2. The van der Waals surface area contributed by atoms with Gasteiger partial charge in [-0.2, -0.15) is 0 Å². The van der Waals surface area contributed by atoms with Crippen molar-refractivity contribution < 1.29 is 9.90 Å². The SMILES string of the molecule is CC(C)(C(=O)N1CC[C@H](O)C1)c1ccc(N)cc1. The molecular weight excluding hydrogens is 228 g/mol. The molecule has 1 atom stereocenters. The van der Waals surface area contributed by atoms with Crippen LogP contribution in [-0.4, -0.2) is 35.1 Å². The van der Waals surface area contributed by atoms with E-state index in [9.17, 15) is 9.90 Å². The van der Waals surface area contributed by atoms with E-state index in [-0.39, 0.29) is 12.0 Å². The second kappa shape index (κ2) is 4.61. The van der Waals surface area contributed by atoms with Crippen molar-refractivity contribution in [2.45, 2.75) is 31.8 Å². The maximum atomic E-state index is 12.5. The molecule has 0 radical (unpaired) electrons. The van der Waals surface area contributed by atoms with Gasteiger partial charge in [-0.3, -0.25) is 4.79 Å². The summed E-state index contributed by atoms with van der Waals surface area (Å²) in [5.41, 5.74) is 6.71. The number of carbonyl (C=O) groups excluding carboxylic acids is 1. The molecular formula is C14H20N2O2. The number of benzene rings is 1. The van der Waals surface area contributed by atoms with E-state index in [0.29, 0.717) is 25.2 Å². The molecule has 1 aromatic carbocycles. The minimum absolute atomic E-state index is 0.0591. The van der Waals surface area contributed by atoms with Crippen LogP contribution in [0.25, 0.3) is 0 Å². The molecule has 1 saturated heterocycles. The predicted octanol–water partition coefficient (Wildman–Crippen LogP) is 1.14. The summed E-state index contributed by atoms with van der Waals surface area (Å²) in [5.74, 6) is 0.0591. The first-order valence-corrected chi connectivity index (χ1v) is 6.24. The molecule has 0 aliphatic carbocycles. The molecule has 4 nitrogen and oxygen atoms in total. The molecule has 0 unspecified atom stereocenters. The zero-order valence-electron chi connectivity index (χ0n) is 10.9. The molecule has 0 aromatic heterocycles. The van der Waals surface area contributed by atoms with Gasteiger partial charge in [-0.1, -0.05) is 12.1 Å². The Hall–Kier alpha value is -1.55. The number of aliphatic hydroxyl groups excluding tert-OH is 1. The number of β-amino-alcohol motifs (C(OH)–C–C–N with tert-alkyl or cyclic N) is 1. The fraction of sp³-hybridized carbons (Fsp3) is 0.500. The maximum Gasteiger partial charge on any atom is 0.232 e. The van der Waals surface area contributed by atoms with Crippen LogP contribution in [0.1, 0.15) is 25.8 Å². The lowest BCUT2D eigenvalue weighted by Crippen LogP contribution is -2.42. The van der Waals surface area contributed by atoms with E-state index in [1.807, 2.05) is 38.1 Å². The van der Waals surface area contributed by atoms with Crippen LogP contribution in [-0.2, 0) is 10.2 Å². The van der Waals surface area contributed by atoms with Gasteiger partial charge in [-0.15, -0.1) is 0 Å². The molecule has 0 saturated carbocycles. The number of anilines is 1. The largest absolute Gasteiger partial charge is 0.399 e. The van der Waals surface area contributed by atoms with Crippen LogP contribution in [0.15, 0.2) is 24.3 Å². The molecule has 1 aromatic rings. The lowest BCUT2D eigenvalue weighted by Gasteiger charge is -2.29. The summed E-state index contributed by atoms with van der Waals surface area (Å²) < 4.78 is 0. The standard InChI is InChI=1S/C14H20N2O2/c1-14(2,10-3-5-11(15)6-4-10)13(18)16-8-7-12(17)9-16/h3-6,12,17H,7-9,15H2,1-2H3/t12-/m0/s1. The Balaban J connectivity index is 2.19. The first-order chi connectivity index (χ1) is 8.41. The van der Waals surface area contributed by atoms with Gasteiger partial charge in [0.05, 0.1) is 11.5 Å². The molecule has 1 amide bonds. The maximum absolute atomic E-state index is 12.5. The Morgan fingerprint density at radius 3 is 2.50 bits per heavy atom. The van der Waals surface area contributed by atoms with Crippen molar-refractivity contribution in [3.63, 3.8) is 0 Å². The highest BCUT2D eigenvalue weighted by atomic mass is 16.3. The Morgan fingerprint density at radius 2 is 2.00 bits per heavy atom. The van der Waals surface area contributed by atoms with Gasteiger partial charge in [0.2, 0.25) is 5.91 Å². The van der Waals surface area contributed by atoms with E-state index < -0.39 is 5.41 Å². The average Bonchev–Trinajstić information content (AvgIpc) is 2.75. The number of aliphatic hydroxyl groups is 1. The Bertz CT molecular complexity index is 440. The van der Waals surface area contributed by atoms with E-state index in [0.717, 1.165) is 5.56 Å². The van der Waals surface area contributed by atoms with Gasteiger partial charge in [0, 0.05) is 18.8 Å². The highest BCUT2D eigenvalue weighted by Crippen LogP contribution is 2.28. The molecule has 2 rings (SSSR count). The molecule has 1 aliphatic heterocycles. The quantitative estimate of drug-likeness (QED) is 0.771. The van der Waals surface area contributed by atoms with Crippen molar-refractivity contribution in [3.8, 4) is 0 Å². The Labute approximate surface area is 107 Å². The molecule has 4 heteroatoms. The van der Waals surface area contributed by atoms with Gasteiger partial charge < -0.3 is 15.7 Å². The number of nitrogen functional groups attached to an aromatic ring is 1. The molecule has 0 bridgehead atoms. The molecule has 1 fully saturated rings. The number of rotatable bonds is 2. The van der Waals surface area contributed by atoms with Gasteiger partial charge in [0.25, 0.3) is 0 Å². The predicted molar refractivity (Wildman–Crippen MR) is 71.1 cm³/mol. The van der Waals surface area contributed by atoms with Crippen molar-refractivity contribution in [1.29, 1.82) is 0 Å². The first-order valence-electron chi connectivity index (χ1n) is 6.24. The van der Waals surface area contributed by atoms with E-state index in [1.165, 1.54) is 0 Å². The van der Waals surface area contributed by atoms with E-state index in [4.69, 9.17) is 5.73 Å². The summed E-state index contributed by atoms with van der Waals surface area (Å²) in [7, 11) is 0. The second-order valence-electron chi connectivity index (χ2n) is 5.44. The Kier molecular flexibility index (Phi) is 3.30. The smallest absolute Gasteiger partial charge is 0.232 e. The lowest BCUT2D eigenvalue weighted by molar-refractivity contribution is -0.135. The fourth-order valence-corrected chi connectivity index (χ4v) is 2.34. The summed E-state index contributed by atoms with van der Waals surface area (Å²) in [6.45, 7) is 4.90. The van der Waals surface area contributed by atoms with Crippen LogP contribution in [0.2, 0.25) is 0 Å². The number of carbonyl (C=O) groups is 1. The number of amides is 1. The first kappa shape index (κ1) is 12.9. The molecule has 1 heterocycles. The minimum atomic E-state index is -0.586. The second-order valence-corrected chi connectivity index (χ2v) is 5.44. The monoisotopic (exact) mass is 248 g/mol. The topological polar surface area (TPSA) is 66.6 Å². The van der Waals surface area contributed by atoms with Crippen LogP contribution in [0, 0.1) is 0 Å². The highest BCUT2D eigenvalue weighted by Gasteiger charge is 2.36. The van der Waals surface area contributed by atoms with E-state index >= 15 is 0 Å². The summed E-state index contributed by atoms with van der Waals surface area (Å²) in [4.78, 5) is 14.2. The van der Waals surface area contributed by atoms with Gasteiger partial charge in [-0.05, 0) is 38.0 Å². The van der Waals surface area contributed by atoms with Crippen molar-refractivity contribution in [2.75, 3.05) is 18.8 Å². The van der Waals surface area contributed by atoms with Crippen LogP contribution < -0.4 is 5.73 Å². The summed E-state index contributed by atoms with van der Waals surface area (Å²) >= 11 is 0. The van der Waals surface area contributed by atoms with Crippen molar-refractivity contribution >= 4 is 11.6 Å². The fourth-order valence-electron chi connectivity index (χ4n) is 2.34. The molecule has 18 heavy (non-hydrogen) atoms. The molecule has 98 valence electrons. The Morgan fingerprint density at radius 1 is 1.39 bits per heavy atom. The summed E-state index contributed by atoms with van der Waals surface area (Å²) in [5, 5.41) is 9.51. The van der Waals surface area contributed by atoms with Gasteiger partial charge in [0.15, 0.2) is 0 Å². The van der Waals surface area contributed by atoms with Gasteiger partial charge in [-0.25, -0.2) is 0 Å². The highest BCUT2D eigenvalue weighted by molar-refractivity contribution is 5.87. The zero-order valence-corrected chi connectivity index (χ0v) is 10.9. The van der Waals surface area contributed by atoms with Crippen molar-refractivity contribution in [2.24, 2.45) is 0 Å². The van der Waals surface area contributed by atoms with E-state index in [1.54, 1.807) is 4.90 Å². The van der Waals surface area contributed by atoms with Crippen molar-refractivity contribution in [3.05, 3.63) is 29.8 Å². The summed E-state index contributed by atoms with van der Waals surface area (Å²) in [6.07, 6.45) is 0.292. The molecule has 1 aliphatic rings. The van der Waals surface area contributed by atoms with Crippen LogP contribution >= 0.6 is 0 Å². The molecule has 0 spiro atoms. The number of nitrogens with two attached hydrogens (primary N) is 1. The van der Waals surface area contributed by atoms with Crippen LogP contribution in [0.4, 0.5) is 5.69 Å².